The highest BCUT2D eigenvalue weighted by atomic mass is 16.2. The Morgan fingerprint density at radius 2 is 2.10 bits per heavy atom. The van der Waals surface area contributed by atoms with Crippen molar-refractivity contribution >= 4 is 5.91 Å². The van der Waals surface area contributed by atoms with Gasteiger partial charge in [-0.05, 0) is 25.1 Å². The van der Waals surface area contributed by atoms with Gasteiger partial charge in [0.1, 0.15) is 0 Å². The zero-order valence-electron chi connectivity index (χ0n) is 12.2. The smallest absolute Gasteiger partial charge is 0.236 e. The summed E-state index contributed by atoms with van der Waals surface area (Å²) >= 11 is 0. The van der Waals surface area contributed by atoms with Gasteiger partial charge < -0.3 is 10.2 Å². The van der Waals surface area contributed by atoms with Gasteiger partial charge in [0.2, 0.25) is 5.91 Å². The van der Waals surface area contributed by atoms with E-state index in [0.717, 1.165) is 51.4 Å². The summed E-state index contributed by atoms with van der Waals surface area (Å²) in [6.07, 6.45) is 2.89. The highest BCUT2D eigenvalue weighted by Crippen LogP contribution is 2.06. The highest BCUT2D eigenvalue weighted by Gasteiger charge is 2.20. The first kappa shape index (κ1) is 14.9. The van der Waals surface area contributed by atoms with Crippen LogP contribution in [-0.4, -0.2) is 60.0 Å². The lowest BCUT2D eigenvalue weighted by Gasteiger charge is -2.34. The zero-order valence-corrected chi connectivity index (χ0v) is 12.2. The van der Waals surface area contributed by atoms with Crippen molar-refractivity contribution in [1.29, 1.82) is 0 Å². The third-order valence-corrected chi connectivity index (χ3v) is 3.54. The number of piperazine rings is 1. The van der Waals surface area contributed by atoms with Gasteiger partial charge in [-0.3, -0.25) is 14.7 Å². The molecular formula is C15H24N4O. The number of nitrogens with one attached hydrogen (secondary N) is 1. The van der Waals surface area contributed by atoms with Crippen LogP contribution in [0.2, 0.25) is 0 Å². The van der Waals surface area contributed by atoms with Crippen molar-refractivity contribution in [3.8, 4) is 0 Å². The van der Waals surface area contributed by atoms with Gasteiger partial charge in [-0.2, -0.15) is 0 Å². The fourth-order valence-electron chi connectivity index (χ4n) is 2.36. The third-order valence-electron chi connectivity index (χ3n) is 3.54. The summed E-state index contributed by atoms with van der Waals surface area (Å²) in [5.41, 5.74) is 1.09. The number of amides is 1. The van der Waals surface area contributed by atoms with E-state index in [0.29, 0.717) is 6.54 Å². The van der Waals surface area contributed by atoms with Crippen LogP contribution in [0.15, 0.2) is 24.4 Å². The quantitative estimate of drug-likeness (QED) is 0.778. The molecule has 2 rings (SSSR count). The van der Waals surface area contributed by atoms with Gasteiger partial charge in [0, 0.05) is 38.9 Å². The molecule has 1 N–H and O–H groups in total. The number of carbonyl (C=O) groups excluding carboxylic acids is 1. The molecule has 0 radical (unpaired) electrons. The molecule has 0 aliphatic carbocycles. The van der Waals surface area contributed by atoms with E-state index in [2.05, 4.69) is 22.1 Å². The second kappa shape index (κ2) is 7.97. The minimum Gasteiger partial charge on any atom is -0.339 e. The van der Waals surface area contributed by atoms with Gasteiger partial charge in [-0.15, -0.1) is 0 Å². The number of aromatic nitrogens is 1. The van der Waals surface area contributed by atoms with Crippen molar-refractivity contribution in [2.24, 2.45) is 0 Å². The number of rotatable bonds is 6. The van der Waals surface area contributed by atoms with E-state index in [1.807, 2.05) is 29.3 Å². The zero-order chi connectivity index (χ0) is 14.2. The molecule has 1 aromatic rings. The number of carbonyl (C=O) groups is 1. The van der Waals surface area contributed by atoms with Crippen LogP contribution in [-0.2, 0) is 11.3 Å². The molecule has 1 aliphatic heterocycles. The molecular weight excluding hydrogens is 252 g/mol. The normalized spacial score (nSPS) is 16.4. The van der Waals surface area contributed by atoms with E-state index in [1.54, 1.807) is 0 Å². The number of hydrogen-bond donors (Lipinski definition) is 1. The summed E-state index contributed by atoms with van der Waals surface area (Å²) < 4.78 is 0. The van der Waals surface area contributed by atoms with Gasteiger partial charge in [0.15, 0.2) is 0 Å². The molecule has 5 nitrogen and oxygen atoms in total. The molecule has 0 unspecified atom stereocenters. The third kappa shape index (κ3) is 4.58. The second-order valence-electron chi connectivity index (χ2n) is 5.15. The van der Waals surface area contributed by atoms with Gasteiger partial charge in [-0.1, -0.05) is 13.0 Å². The molecule has 0 bridgehead atoms. The molecule has 1 fully saturated rings. The van der Waals surface area contributed by atoms with E-state index in [9.17, 15) is 4.79 Å². The number of hydrogen-bond acceptors (Lipinski definition) is 4. The van der Waals surface area contributed by atoms with Crippen molar-refractivity contribution in [3.05, 3.63) is 30.1 Å². The van der Waals surface area contributed by atoms with Crippen molar-refractivity contribution in [2.75, 3.05) is 39.3 Å². The maximum absolute atomic E-state index is 12.0. The molecule has 1 aromatic heterocycles. The van der Waals surface area contributed by atoms with Crippen molar-refractivity contribution < 1.29 is 4.79 Å². The maximum atomic E-state index is 12.0. The van der Waals surface area contributed by atoms with Gasteiger partial charge in [0.05, 0.1) is 12.2 Å². The monoisotopic (exact) mass is 276 g/mol. The van der Waals surface area contributed by atoms with Crippen molar-refractivity contribution in [3.63, 3.8) is 0 Å². The van der Waals surface area contributed by atoms with E-state index in [1.165, 1.54) is 0 Å². The second-order valence-corrected chi connectivity index (χ2v) is 5.15. The largest absolute Gasteiger partial charge is 0.339 e. The molecule has 0 spiro atoms. The summed E-state index contributed by atoms with van der Waals surface area (Å²) in [6.45, 7) is 7.84. The summed E-state index contributed by atoms with van der Waals surface area (Å²) in [5.74, 6) is 0.218. The lowest BCUT2D eigenvalue weighted by molar-refractivity contribution is -0.132. The van der Waals surface area contributed by atoms with Crippen LogP contribution in [0.1, 0.15) is 19.0 Å². The molecule has 0 aromatic carbocycles. The predicted octanol–water partition coefficient (Wildman–Crippen LogP) is 0.725. The van der Waals surface area contributed by atoms with Crippen LogP contribution in [0.25, 0.3) is 0 Å². The summed E-state index contributed by atoms with van der Waals surface area (Å²) in [7, 11) is 0. The van der Waals surface area contributed by atoms with Gasteiger partial charge in [-0.25, -0.2) is 0 Å². The van der Waals surface area contributed by atoms with Crippen molar-refractivity contribution in [2.45, 2.75) is 19.9 Å². The molecule has 0 saturated carbocycles. The topological polar surface area (TPSA) is 48.5 Å². The van der Waals surface area contributed by atoms with Crippen LogP contribution >= 0.6 is 0 Å². The Balaban J connectivity index is 1.71. The highest BCUT2D eigenvalue weighted by molar-refractivity contribution is 5.78. The number of nitrogens with zero attached hydrogens (tertiary/aromatic N) is 3. The van der Waals surface area contributed by atoms with Crippen LogP contribution in [0, 0.1) is 0 Å². The molecule has 110 valence electrons. The molecule has 5 heteroatoms. The maximum Gasteiger partial charge on any atom is 0.236 e. The van der Waals surface area contributed by atoms with Crippen LogP contribution in [0.5, 0.6) is 0 Å². The van der Waals surface area contributed by atoms with Crippen LogP contribution < -0.4 is 5.32 Å². The number of pyridine rings is 1. The Hall–Kier alpha value is -1.46. The first-order chi connectivity index (χ1) is 9.79. The summed E-state index contributed by atoms with van der Waals surface area (Å²) in [4.78, 5) is 20.6. The molecule has 0 atom stereocenters. The Kier molecular flexibility index (Phi) is 5.95. The summed E-state index contributed by atoms with van der Waals surface area (Å²) in [5, 5.41) is 3.17. The predicted molar refractivity (Wildman–Crippen MR) is 79.3 cm³/mol. The van der Waals surface area contributed by atoms with Gasteiger partial charge in [0.25, 0.3) is 0 Å². The first-order valence-corrected chi connectivity index (χ1v) is 7.40. The Morgan fingerprint density at radius 1 is 1.30 bits per heavy atom. The minimum absolute atomic E-state index is 0.218. The molecule has 20 heavy (non-hydrogen) atoms. The van der Waals surface area contributed by atoms with Crippen molar-refractivity contribution in [1.82, 2.24) is 20.1 Å². The molecule has 1 saturated heterocycles. The molecule has 2 heterocycles. The SMILES string of the molecule is CCCNCC(=O)N1CCN(Cc2ccccn2)CC1. The van der Waals surface area contributed by atoms with Gasteiger partial charge >= 0.3 is 0 Å². The van der Waals surface area contributed by atoms with E-state index < -0.39 is 0 Å². The Labute approximate surface area is 121 Å². The van der Waals surface area contributed by atoms with Crippen LogP contribution in [0.3, 0.4) is 0 Å². The lowest BCUT2D eigenvalue weighted by Crippen LogP contribution is -2.50. The Bertz CT molecular complexity index is 402. The minimum atomic E-state index is 0.218. The van der Waals surface area contributed by atoms with E-state index in [4.69, 9.17) is 0 Å². The van der Waals surface area contributed by atoms with Crippen LogP contribution in [0.4, 0.5) is 0 Å². The average molecular weight is 276 g/mol. The van der Waals surface area contributed by atoms with E-state index in [-0.39, 0.29) is 5.91 Å². The average Bonchev–Trinajstić information content (AvgIpc) is 2.49. The summed E-state index contributed by atoms with van der Waals surface area (Å²) in [6, 6.07) is 6.00. The first-order valence-electron chi connectivity index (χ1n) is 7.40. The van der Waals surface area contributed by atoms with E-state index >= 15 is 0 Å². The Morgan fingerprint density at radius 3 is 2.75 bits per heavy atom. The lowest BCUT2D eigenvalue weighted by atomic mass is 10.2. The fourth-order valence-corrected chi connectivity index (χ4v) is 2.36. The fraction of sp³-hybridized carbons (Fsp3) is 0.600. The molecule has 1 amide bonds. The standard InChI is InChI=1S/C15H24N4O/c1-2-6-16-12-15(20)19-10-8-18(9-11-19)13-14-5-3-4-7-17-14/h3-5,7,16H,2,6,8-13H2,1H3. The molecule has 1 aliphatic rings.